The molecule has 0 aromatic heterocycles. The van der Waals surface area contributed by atoms with Gasteiger partial charge in [0, 0.05) is 5.75 Å². The molecule has 0 fully saturated rings. The summed E-state index contributed by atoms with van der Waals surface area (Å²) in [5.74, 6) is -53.3. The second kappa shape index (κ2) is 10.3. The zero-order chi connectivity index (χ0) is 33.0. The molecule has 0 aliphatic carbocycles. The van der Waals surface area contributed by atoms with Crippen LogP contribution in [0.25, 0.3) is 0 Å². The van der Waals surface area contributed by atoms with Crippen LogP contribution in [-0.4, -0.2) is 73.6 Å². The minimum Gasteiger partial charge on any atom is -0.215 e. The zero-order valence-electron chi connectivity index (χ0n) is 19.1. The van der Waals surface area contributed by atoms with E-state index < -0.39 is 84.3 Å². The van der Waals surface area contributed by atoms with Crippen molar-refractivity contribution in [1.29, 1.82) is 10.5 Å². The van der Waals surface area contributed by atoms with Crippen LogP contribution < -0.4 is 0 Å². The van der Waals surface area contributed by atoms with E-state index in [1.54, 1.807) is 0 Å². The largest absolute Gasteiger partial charge is 0.460 e. The molecule has 0 N–H and O–H groups in total. The highest BCUT2D eigenvalue weighted by atomic mass is 32.3. The van der Waals surface area contributed by atoms with E-state index in [0.29, 0.717) is 12.5 Å². The summed E-state index contributed by atoms with van der Waals surface area (Å²) in [5.41, 5.74) is -1.34. The second-order valence-electron chi connectivity index (χ2n) is 7.94. The Morgan fingerprint density at radius 3 is 1.23 bits per heavy atom. The molecule has 0 heterocycles. The Morgan fingerprint density at radius 2 is 0.925 bits per heavy atom. The highest BCUT2D eigenvalue weighted by Gasteiger charge is 2.96. The van der Waals surface area contributed by atoms with Crippen molar-refractivity contribution in [2.24, 2.45) is 0 Å². The second-order valence-corrected chi connectivity index (χ2v) is 13.1. The van der Waals surface area contributed by atoms with Crippen LogP contribution in [0.15, 0.2) is 11.1 Å². The molecule has 0 rings (SSSR count). The highest BCUT2D eigenvalue weighted by molar-refractivity contribution is 8.32. The van der Waals surface area contributed by atoms with E-state index in [1.165, 1.54) is 12.1 Å². The van der Waals surface area contributed by atoms with Gasteiger partial charge in [0.1, 0.15) is 17.7 Å². The molecule has 0 radical (unpaired) electrons. The fourth-order valence-electron chi connectivity index (χ4n) is 2.43. The molecule has 234 valence electrons. The van der Waals surface area contributed by atoms with Gasteiger partial charge in [-0.3, -0.25) is 0 Å². The van der Waals surface area contributed by atoms with Gasteiger partial charge in [-0.25, -0.2) is 3.63 Å². The lowest BCUT2D eigenvalue weighted by atomic mass is 9.91. The average molecular weight is 666 g/mol. The van der Waals surface area contributed by atoms with Crippen LogP contribution in [0.4, 0.5) is 74.6 Å². The Hall–Kier alpha value is -2.21. The van der Waals surface area contributed by atoms with E-state index >= 15 is 0 Å². The number of rotatable bonds is 11. The third-order valence-electron chi connectivity index (χ3n) is 4.50. The number of allylic oxidation sites excluding steroid dienone is 1. The minimum atomic E-state index is -8.95. The molecule has 0 amide bonds. The predicted molar refractivity (Wildman–Crippen MR) is 98.9 cm³/mol. The summed E-state index contributed by atoms with van der Waals surface area (Å²) in [6, 6.07) is 2.39. The molecule has 0 unspecified atom stereocenters. The summed E-state index contributed by atoms with van der Waals surface area (Å²) >= 11 is 0. The maximum absolute atomic E-state index is 14.1. The van der Waals surface area contributed by atoms with Crippen molar-refractivity contribution < 1.29 is 86.7 Å². The number of hydrogen-bond acceptors (Lipinski definition) is 5. The summed E-state index contributed by atoms with van der Waals surface area (Å²) in [5, 5.41) is 9.53. The SMILES string of the molecule is CC(CS(C)(C)OS(=O)(=O)C(F)(F)C(F)(F)C(F)(F)C(F)(F)C(F)(F)C(F)(F)C(F)(F)C(F)(F)F)=C(C#N)C#N. The van der Waals surface area contributed by atoms with E-state index in [1.807, 2.05) is 0 Å². The molecule has 0 saturated carbocycles. The normalized spacial score (nSPS) is 15.8. The lowest BCUT2D eigenvalue weighted by molar-refractivity contribution is -0.458. The van der Waals surface area contributed by atoms with Crippen LogP contribution in [-0.2, 0) is 13.7 Å². The van der Waals surface area contributed by atoms with Gasteiger partial charge >= 0.3 is 57.1 Å². The van der Waals surface area contributed by atoms with Crippen LogP contribution in [0.1, 0.15) is 6.92 Å². The standard InChI is InChI=1S/C16H11F17N2O3S2/c1-7(8(4-34)5-35)6-39(2,3)38-40(36,37)16(32,33)14(27,28)12(23,24)10(19,20)9(17,18)11(21,22)13(25,26)15(29,30)31/h6H2,1-3H3. The van der Waals surface area contributed by atoms with Gasteiger partial charge in [-0.2, -0.15) is 93.6 Å². The predicted octanol–water partition coefficient (Wildman–Crippen LogP) is 6.64. The molecule has 0 aromatic carbocycles. The highest BCUT2D eigenvalue weighted by Crippen LogP contribution is 2.65. The average Bonchev–Trinajstić information content (AvgIpc) is 2.71. The Kier molecular flexibility index (Phi) is 9.69. The number of hydrogen-bond donors (Lipinski definition) is 0. The van der Waals surface area contributed by atoms with Gasteiger partial charge in [-0.15, -0.1) is 10.3 Å². The molecule has 0 saturated heterocycles. The summed E-state index contributed by atoms with van der Waals surface area (Å²) in [6.45, 7) is 0.840. The van der Waals surface area contributed by atoms with Gasteiger partial charge < -0.3 is 0 Å². The van der Waals surface area contributed by atoms with Crippen LogP contribution >= 0.6 is 10.3 Å². The smallest absolute Gasteiger partial charge is 0.215 e. The molecule has 24 heteroatoms. The van der Waals surface area contributed by atoms with Gasteiger partial charge in [0.25, 0.3) is 0 Å². The van der Waals surface area contributed by atoms with E-state index in [2.05, 4.69) is 3.63 Å². The van der Waals surface area contributed by atoms with Crippen molar-refractivity contribution >= 4 is 20.4 Å². The maximum Gasteiger partial charge on any atom is 0.460 e. The first-order valence-corrected chi connectivity index (χ1v) is 12.9. The third-order valence-corrected chi connectivity index (χ3v) is 8.70. The molecule has 5 nitrogen and oxygen atoms in total. The van der Waals surface area contributed by atoms with Crippen molar-refractivity contribution in [2.75, 3.05) is 18.3 Å². The zero-order valence-corrected chi connectivity index (χ0v) is 20.7. The lowest BCUT2D eigenvalue weighted by Crippen LogP contribution is -2.75. The van der Waals surface area contributed by atoms with Crippen LogP contribution in [0.2, 0.25) is 0 Å². The van der Waals surface area contributed by atoms with E-state index in [-0.39, 0.29) is 0 Å². The van der Waals surface area contributed by atoms with Crippen LogP contribution in [0.5, 0.6) is 0 Å². The monoisotopic (exact) mass is 666 g/mol. The molecule has 0 aromatic rings. The number of halogens is 17. The first-order chi connectivity index (χ1) is 17.1. The number of alkyl halides is 17. The number of nitrogens with zero attached hydrogens (tertiary/aromatic N) is 2. The van der Waals surface area contributed by atoms with Crippen LogP contribution in [0, 0.1) is 22.7 Å². The molecule has 0 atom stereocenters. The first kappa shape index (κ1) is 37.8. The topological polar surface area (TPSA) is 90.9 Å². The van der Waals surface area contributed by atoms with Gasteiger partial charge in [0.05, 0.1) is 0 Å². The maximum atomic E-state index is 14.1. The summed E-state index contributed by atoms with van der Waals surface area (Å²) < 4.78 is 254. The van der Waals surface area contributed by atoms with Crippen LogP contribution in [0.3, 0.4) is 0 Å². The fraction of sp³-hybridized carbons (Fsp3) is 0.750. The molecule has 0 aliphatic heterocycles. The van der Waals surface area contributed by atoms with Crippen molar-refractivity contribution in [3.63, 3.8) is 0 Å². The van der Waals surface area contributed by atoms with Gasteiger partial charge in [0.15, 0.2) is 0 Å². The van der Waals surface area contributed by atoms with Crippen molar-refractivity contribution in [1.82, 2.24) is 0 Å². The molecular weight excluding hydrogens is 655 g/mol. The molecule has 40 heavy (non-hydrogen) atoms. The Morgan fingerprint density at radius 1 is 0.625 bits per heavy atom. The fourth-order valence-corrected chi connectivity index (χ4v) is 6.53. The van der Waals surface area contributed by atoms with Crippen molar-refractivity contribution in [2.45, 2.75) is 53.9 Å². The summed E-state index contributed by atoms with van der Waals surface area (Å²) in [4.78, 5) is 0. The van der Waals surface area contributed by atoms with Gasteiger partial charge in [-0.05, 0) is 25.0 Å². The molecule has 0 spiro atoms. The quantitative estimate of drug-likeness (QED) is 0.182. The first-order valence-electron chi connectivity index (χ1n) is 8.99. The van der Waals surface area contributed by atoms with E-state index in [9.17, 15) is 83.1 Å². The Balaban J connectivity index is 6.94. The minimum absolute atomic E-state index is 0.454. The van der Waals surface area contributed by atoms with E-state index in [4.69, 9.17) is 10.5 Å². The molecular formula is C16H11F17N2O3S2. The number of nitriles is 2. The molecule has 0 bridgehead atoms. The third kappa shape index (κ3) is 5.49. The molecule has 0 aliphatic rings. The van der Waals surface area contributed by atoms with Gasteiger partial charge in [0.2, 0.25) is 0 Å². The van der Waals surface area contributed by atoms with Crippen molar-refractivity contribution in [3.05, 3.63) is 11.1 Å². The summed E-state index contributed by atoms with van der Waals surface area (Å²) in [6.07, 6.45) is -7.02. The Labute approximate surface area is 213 Å². The van der Waals surface area contributed by atoms with Gasteiger partial charge in [-0.1, -0.05) is 0 Å². The lowest BCUT2D eigenvalue weighted by Gasteiger charge is -2.42. The van der Waals surface area contributed by atoms with Crippen molar-refractivity contribution in [3.8, 4) is 12.1 Å². The summed E-state index contributed by atoms with van der Waals surface area (Å²) in [7, 11) is -11.6. The van der Waals surface area contributed by atoms with E-state index in [0.717, 1.165) is 6.92 Å². The Bertz CT molecular complexity index is 1190.